The minimum atomic E-state index is -3.91. The van der Waals surface area contributed by atoms with Gasteiger partial charge in [0.15, 0.2) is 0 Å². The molecular weight excluding hydrogens is 435 g/mol. The van der Waals surface area contributed by atoms with Crippen molar-refractivity contribution in [2.45, 2.75) is 30.4 Å². The van der Waals surface area contributed by atoms with Crippen molar-refractivity contribution in [1.29, 1.82) is 0 Å². The Morgan fingerprint density at radius 1 is 1.17 bits per heavy atom. The van der Waals surface area contributed by atoms with Gasteiger partial charge < -0.3 is 10.1 Å². The van der Waals surface area contributed by atoms with Gasteiger partial charge in [0.1, 0.15) is 0 Å². The molecule has 0 aromatic heterocycles. The number of sulfonamides is 1. The lowest BCUT2D eigenvalue weighted by molar-refractivity contribution is -0.121. The van der Waals surface area contributed by atoms with E-state index in [1.807, 2.05) is 0 Å². The average Bonchev–Trinajstić information content (AvgIpc) is 3.22. The summed E-state index contributed by atoms with van der Waals surface area (Å²) >= 11 is 12.2. The van der Waals surface area contributed by atoms with Crippen LogP contribution in [-0.4, -0.2) is 44.4 Å². The Balaban J connectivity index is 1.79. The molecule has 6 nitrogen and oxygen atoms in total. The number of hydrogen-bond donors (Lipinski definition) is 1. The van der Waals surface area contributed by atoms with Crippen LogP contribution in [0.3, 0.4) is 0 Å². The van der Waals surface area contributed by atoms with Crippen LogP contribution in [0.1, 0.15) is 18.4 Å². The highest BCUT2D eigenvalue weighted by atomic mass is 35.5. The van der Waals surface area contributed by atoms with Gasteiger partial charge >= 0.3 is 0 Å². The van der Waals surface area contributed by atoms with Crippen molar-refractivity contribution in [2.75, 3.05) is 19.7 Å². The molecule has 1 N–H and O–H groups in total. The summed E-state index contributed by atoms with van der Waals surface area (Å²) in [5, 5.41) is 3.55. The second kappa shape index (κ2) is 9.91. The van der Waals surface area contributed by atoms with Gasteiger partial charge in [0.2, 0.25) is 15.9 Å². The molecule has 156 valence electrons. The molecule has 1 aliphatic heterocycles. The summed E-state index contributed by atoms with van der Waals surface area (Å²) in [5.41, 5.74) is 0.558. The van der Waals surface area contributed by atoms with Gasteiger partial charge in [-0.3, -0.25) is 4.79 Å². The fourth-order valence-corrected chi connectivity index (χ4v) is 4.92. The monoisotopic (exact) mass is 456 g/mol. The van der Waals surface area contributed by atoms with E-state index < -0.39 is 15.9 Å². The predicted octanol–water partition coefficient (Wildman–Crippen LogP) is 3.48. The highest BCUT2D eigenvalue weighted by Crippen LogP contribution is 2.25. The fraction of sp³-hybridized carbons (Fsp3) is 0.350. The van der Waals surface area contributed by atoms with Crippen LogP contribution in [-0.2, 0) is 26.1 Å². The number of hydrogen-bond acceptors (Lipinski definition) is 4. The van der Waals surface area contributed by atoms with Gasteiger partial charge in [0, 0.05) is 29.7 Å². The highest BCUT2D eigenvalue weighted by molar-refractivity contribution is 7.89. The molecule has 1 heterocycles. The van der Waals surface area contributed by atoms with E-state index in [-0.39, 0.29) is 24.1 Å². The maximum atomic E-state index is 13.2. The summed E-state index contributed by atoms with van der Waals surface area (Å²) in [4.78, 5) is 12.6. The molecule has 29 heavy (non-hydrogen) atoms. The third-order valence-corrected chi connectivity index (χ3v) is 7.01. The number of benzene rings is 2. The SMILES string of the molecule is O=C(CN(Cc1ccc(Cl)cc1Cl)S(=O)(=O)c1ccccc1)NC[C@H]1CCCO1. The Bertz CT molecular complexity index is 948. The van der Waals surface area contributed by atoms with Crippen molar-refractivity contribution in [1.82, 2.24) is 9.62 Å². The van der Waals surface area contributed by atoms with Crippen molar-refractivity contribution >= 4 is 39.1 Å². The normalized spacial score (nSPS) is 16.9. The van der Waals surface area contributed by atoms with Crippen molar-refractivity contribution in [3.8, 4) is 0 Å². The Hall–Kier alpha value is -1.64. The molecular formula is C20H22Cl2N2O4S. The number of halogens is 2. The summed E-state index contributed by atoms with van der Waals surface area (Å²) < 4.78 is 32.9. The maximum Gasteiger partial charge on any atom is 0.243 e. The van der Waals surface area contributed by atoms with Crippen LogP contribution in [0.5, 0.6) is 0 Å². The van der Waals surface area contributed by atoms with Gasteiger partial charge in [-0.2, -0.15) is 4.31 Å². The lowest BCUT2D eigenvalue weighted by atomic mass is 10.2. The zero-order valence-electron chi connectivity index (χ0n) is 15.7. The molecule has 1 aliphatic rings. The van der Waals surface area contributed by atoms with Crippen LogP contribution < -0.4 is 5.32 Å². The number of carbonyl (C=O) groups excluding carboxylic acids is 1. The number of nitrogens with zero attached hydrogens (tertiary/aromatic N) is 1. The van der Waals surface area contributed by atoms with E-state index in [1.54, 1.807) is 36.4 Å². The number of ether oxygens (including phenoxy) is 1. The van der Waals surface area contributed by atoms with Crippen molar-refractivity contribution in [3.05, 3.63) is 64.1 Å². The summed E-state index contributed by atoms with van der Waals surface area (Å²) in [6.45, 7) is 0.660. The number of amides is 1. The van der Waals surface area contributed by atoms with Crippen LogP contribution in [0.25, 0.3) is 0 Å². The molecule has 9 heteroatoms. The zero-order chi connectivity index (χ0) is 20.9. The predicted molar refractivity (Wildman–Crippen MR) is 112 cm³/mol. The molecule has 3 rings (SSSR count). The molecule has 1 fully saturated rings. The molecule has 2 aromatic rings. The second-order valence-corrected chi connectivity index (χ2v) is 9.54. The standard InChI is InChI=1S/C20H22Cl2N2O4S/c21-16-9-8-15(19(22)11-16)13-24(29(26,27)18-6-2-1-3-7-18)14-20(25)23-12-17-5-4-10-28-17/h1-3,6-9,11,17H,4-5,10,12-14H2,(H,23,25)/t17-/m1/s1. The molecule has 0 aliphatic carbocycles. The molecule has 1 amide bonds. The largest absolute Gasteiger partial charge is 0.376 e. The fourth-order valence-electron chi connectivity index (χ4n) is 3.06. The quantitative estimate of drug-likeness (QED) is 0.659. The number of nitrogens with one attached hydrogen (secondary N) is 1. The van der Waals surface area contributed by atoms with E-state index in [2.05, 4.69) is 5.32 Å². The summed E-state index contributed by atoms with van der Waals surface area (Å²) in [5.74, 6) is -0.398. The first-order valence-electron chi connectivity index (χ1n) is 9.23. The van der Waals surface area contributed by atoms with E-state index in [1.165, 1.54) is 12.1 Å². The summed E-state index contributed by atoms with van der Waals surface area (Å²) in [6, 6.07) is 12.8. The molecule has 0 radical (unpaired) electrons. The Labute approximate surface area is 180 Å². The molecule has 0 unspecified atom stereocenters. The van der Waals surface area contributed by atoms with Gasteiger partial charge in [-0.05, 0) is 42.7 Å². The molecule has 1 saturated heterocycles. The first-order valence-corrected chi connectivity index (χ1v) is 11.4. The van der Waals surface area contributed by atoms with E-state index in [9.17, 15) is 13.2 Å². The van der Waals surface area contributed by atoms with Crippen LogP contribution in [0, 0.1) is 0 Å². The maximum absolute atomic E-state index is 13.2. The number of carbonyl (C=O) groups is 1. The minimum absolute atomic E-state index is 0.0242. The average molecular weight is 457 g/mol. The molecule has 2 aromatic carbocycles. The topological polar surface area (TPSA) is 75.7 Å². The second-order valence-electron chi connectivity index (χ2n) is 6.76. The van der Waals surface area contributed by atoms with E-state index in [0.717, 1.165) is 17.1 Å². The third-order valence-electron chi connectivity index (χ3n) is 4.61. The lowest BCUT2D eigenvalue weighted by Crippen LogP contribution is -2.42. The first kappa shape index (κ1) is 22.1. The Kier molecular flexibility index (Phi) is 7.54. The van der Waals surface area contributed by atoms with Crippen molar-refractivity contribution in [2.24, 2.45) is 0 Å². The summed E-state index contributed by atoms with van der Waals surface area (Å²) in [7, 11) is -3.91. The van der Waals surface area contributed by atoms with Gasteiger partial charge in [0.25, 0.3) is 0 Å². The Morgan fingerprint density at radius 3 is 2.59 bits per heavy atom. The third kappa shape index (κ3) is 5.93. The lowest BCUT2D eigenvalue weighted by Gasteiger charge is -2.23. The zero-order valence-corrected chi connectivity index (χ0v) is 18.0. The van der Waals surface area contributed by atoms with Gasteiger partial charge in [-0.1, -0.05) is 47.5 Å². The first-order chi connectivity index (χ1) is 13.9. The van der Waals surface area contributed by atoms with Crippen LogP contribution in [0.2, 0.25) is 10.0 Å². The molecule has 0 saturated carbocycles. The molecule has 0 bridgehead atoms. The van der Waals surface area contributed by atoms with Crippen molar-refractivity contribution in [3.63, 3.8) is 0 Å². The van der Waals surface area contributed by atoms with Crippen LogP contribution in [0.15, 0.2) is 53.4 Å². The Morgan fingerprint density at radius 2 is 1.93 bits per heavy atom. The van der Waals surface area contributed by atoms with Crippen LogP contribution >= 0.6 is 23.2 Å². The van der Waals surface area contributed by atoms with E-state index >= 15 is 0 Å². The smallest absolute Gasteiger partial charge is 0.243 e. The highest BCUT2D eigenvalue weighted by Gasteiger charge is 2.28. The molecule has 1 atom stereocenters. The number of rotatable bonds is 8. The summed E-state index contributed by atoms with van der Waals surface area (Å²) in [6.07, 6.45) is 1.82. The van der Waals surface area contributed by atoms with Crippen LogP contribution in [0.4, 0.5) is 0 Å². The van der Waals surface area contributed by atoms with Gasteiger partial charge in [0.05, 0.1) is 17.5 Å². The van der Waals surface area contributed by atoms with E-state index in [0.29, 0.717) is 28.8 Å². The minimum Gasteiger partial charge on any atom is -0.376 e. The van der Waals surface area contributed by atoms with E-state index in [4.69, 9.17) is 27.9 Å². The van der Waals surface area contributed by atoms with Gasteiger partial charge in [-0.25, -0.2) is 8.42 Å². The van der Waals surface area contributed by atoms with Gasteiger partial charge in [-0.15, -0.1) is 0 Å². The van der Waals surface area contributed by atoms with Crippen molar-refractivity contribution < 1.29 is 17.9 Å². The molecule has 0 spiro atoms.